The second kappa shape index (κ2) is 6.75. The molecule has 24 heavy (non-hydrogen) atoms. The molecule has 3 heteroatoms. The van der Waals surface area contributed by atoms with E-state index in [-0.39, 0.29) is 5.91 Å². The van der Waals surface area contributed by atoms with Crippen molar-refractivity contribution >= 4 is 5.91 Å². The van der Waals surface area contributed by atoms with Crippen molar-refractivity contribution in [3.05, 3.63) is 88.7 Å². The van der Waals surface area contributed by atoms with Crippen LogP contribution in [-0.4, -0.2) is 10.5 Å². The van der Waals surface area contributed by atoms with E-state index in [0.29, 0.717) is 12.1 Å². The van der Waals surface area contributed by atoms with E-state index in [2.05, 4.69) is 48.0 Å². The van der Waals surface area contributed by atoms with Gasteiger partial charge < -0.3 is 9.88 Å². The van der Waals surface area contributed by atoms with Crippen molar-refractivity contribution < 1.29 is 4.79 Å². The van der Waals surface area contributed by atoms with Gasteiger partial charge in [0.1, 0.15) is 0 Å². The number of nitrogens with zero attached hydrogens (tertiary/aromatic N) is 1. The van der Waals surface area contributed by atoms with Crippen LogP contribution in [0.4, 0.5) is 0 Å². The standard InChI is InChI=1S/C21H22N2O/c1-15-8-12-18(13-9-15)21(24)22-14-19-6-4-5-7-20(19)23-16(2)10-11-17(23)3/h4-13H,14H2,1-3H3,(H,22,24). The molecule has 0 aliphatic heterocycles. The number of aryl methyl sites for hydroxylation is 3. The van der Waals surface area contributed by atoms with Crippen LogP contribution in [0.5, 0.6) is 0 Å². The molecule has 0 saturated carbocycles. The van der Waals surface area contributed by atoms with Gasteiger partial charge in [-0.3, -0.25) is 4.79 Å². The maximum Gasteiger partial charge on any atom is 0.251 e. The van der Waals surface area contributed by atoms with E-state index in [1.54, 1.807) is 0 Å². The third-order valence-corrected chi connectivity index (χ3v) is 4.26. The fourth-order valence-electron chi connectivity index (χ4n) is 2.91. The Morgan fingerprint density at radius 3 is 2.17 bits per heavy atom. The van der Waals surface area contributed by atoms with Gasteiger partial charge in [0, 0.05) is 23.5 Å². The van der Waals surface area contributed by atoms with Crippen molar-refractivity contribution in [3.8, 4) is 5.69 Å². The van der Waals surface area contributed by atoms with E-state index in [0.717, 1.165) is 16.8 Å². The largest absolute Gasteiger partial charge is 0.348 e. The van der Waals surface area contributed by atoms with Gasteiger partial charge in [-0.1, -0.05) is 35.9 Å². The Morgan fingerprint density at radius 2 is 1.50 bits per heavy atom. The highest BCUT2D eigenvalue weighted by molar-refractivity contribution is 5.94. The summed E-state index contributed by atoms with van der Waals surface area (Å²) in [6.07, 6.45) is 0. The van der Waals surface area contributed by atoms with E-state index in [4.69, 9.17) is 0 Å². The van der Waals surface area contributed by atoms with Gasteiger partial charge in [0.05, 0.1) is 5.69 Å². The molecule has 0 bridgehead atoms. The predicted octanol–water partition coefficient (Wildman–Crippen LogP) is 4.33. The number of benzene rings is 2. The molecule has 0 unspecified atom stereocenters. The molecule has 0 aliphatic carbocycles. The average molecular weight is 318 g/mol. The molecule has 0 fully saturated rings. The quantitative estimate of drug-likeness (QED) is 0.763. The molecule has 122 valence electrons. The Balaban J connectivity index is 1.81. The van der Waals surface area contributed by atoms with E-state index >= 15 is 0 Å². The molecule has 1 N–H and O–H groups in total. The number of hydrogen-bond donors (Lipinski definition) is 1. The van der Waals surface area contributed by atoms with Crippen molar-refractivity contribution in [2.75, 3.05) is 0 Å². The Morgan fingerprint density at radius 1 is 0.875 bits per heavy atom. The molecule has 3 aromatic rings. The van der Waals surface area contributed by atoms with Gasteiger partial charge in [-0.25, -0.2) is 0 Å². The zero-order valence-corrected chi connectivity index (χ0v) is 14.3. The number of hydrogen-bond acceptors (Lipinski definition) is 1. The van der Waals surface area contributed by atoms with Crippen molar-refractivity contribution in [1.29, 1.82) is 0 Å². The molecule has 0 atom stereocenters. The fourth-order valence-corrected chi connectivity index (χ4v) is 2.91. The van der Waals surface area contributed by atoms with E-state index in [1.807, 2.05) is 43.3 Å². The van der Waals surface area contributed by atoms with Crippen LogP contribution in [0.3, 0.4) is 0 Å². The SMILES string of the molecule is Cc1ccc(C(=O)NCc2ccccc2-n2c(C)ccc2C)cc1. The Kier molecular flexibility index (Phi) is 4.52. The van der Waals surface area contributed by atoms with Crippen molar-refractivity contribution in [3.63, 3.8) is 0 Å². The van der Waals surface area contributed by atoms with Crippen LogP contribution in [0.25, 0.3) is 5.69 Å². The van der Waals surface area contributed by atoms with Crippen molar-refractivity contribution in [1.82, 2.24) is 9.88 Å². The van der Waals surface area contributed by atoms with Gasteiger partial charge >= 0.3 is 0 Å². The number of rotatable bonds is 4. The van der Waals surface area contributed by atoms with Crippen LogP contribution in [-0.2, 0) is 6.54 Å². The average Bonchev–Trinajstić information content (AvgIpc) is 2.92. The lowest BCUT2D eigenvalue weighted by Crippen LogP contribution is -2.23. The minimum atomic E-state index is -0.0502. The minimum absolute atomic E-state index is 0.0502. The zero-order chi connectivity index (χ0) is 17.1. The zero-order valence-electron chi connectivity index (χ0n) is 14.3. The molecule has 0 aliphatic rings. The normalized spacial score (nSPS) is 10.6. The summed E-state index contributed by atoms with van der Waals surface area (Å²) in [6.45, 7) is 6.70. The number of nitrogens with one attached hydrogen (secondary N) is 1. The molecule has 1 aromatic heterocycles. The second-order valence-corrected chi connectivity index (χ2v) is 6.13. The molecule has 0 saturated heterocycles. The minimum Gasteiger partial charge on any atom is -0.348 e. The summed E-state index contributed by atoms with van der Waals surface area (Å²) in [6, 6.07) is 20.0. The van der Waals surface area contributed by atoms with E-state index in [9.17, 15) is 4.79 Å². The number of carbonyl (C=O) groups excluding carboxylic acids is 1. The van der Waals surface area contributed by atoms with Gasteiger partial charge in [-0.2, -0.15) is 0 Å². The molecule has 1 heterocycles. The third-order valence-electron chi connectivity index (χ3n) is 4.26. The maximum atomic E-state index is 12.3. The number of aromatic nitrogens is 1. The Bertz CT molecular complexity index is 840. The van der Waals surface area contributed by atoms with Crippen molar-refractivity contribution in [2.45, 2.75) is 27.3 Å². The van der Waals surface area contributed by atoms with Crippen LogP contribution in [0, 0.1) is 20.8 Å². The molecule has 1 amide bonds. The maximum absolute atomic E-state index is 12.3. The summed E-state index contributed by atoms with van der Waals surface area (Å²) in [5, 5.41) is 3.02. The first-order valence-electron chi connectivity index (χ1n) is 8.14. The highest BCUT2D eigenvalue weighted by Crippen LogP contribution is 2.20. The van der Waals surface area contributed by atoms with Gasteiger partial charge in [0.2, 0.25) is 0 Å². The Labute approximate surface area is 143 Å². The van der Waals surface area contributed by atoms with Gasteiger partial charge in [0.15, 0.2) is 0 Å². The molecular weight excluding hydrogens is 296 g/mol. The van der Waals surface area contributed by atoms with E-state index < -0.39 is 0 Å². The van der Waals surface area contributed by atoms with Gasteiger partial charge in [-0.15, -0.1) is 0 Å². The summed E-state index contributed by atoms with van der Waals surface area (Å²) in [5.41, 5.74) is 6.42. The molecule has 0 spiro atoms. The lowest BCUT2D eigenvalue weighted by Gasteiger charge is -2.15. The monoisotopic (exact) mass is 318 g/mol. The first-order valence-corrected chi connectivity index (χ1v) is 8.14. The van der Waals surface area contributed by atoms with Crippen LogP contribution in [0.1, 0.15) is 32.9 Å². The highest BCUT2D eigenvalue weighted by Gasteiger charge is 2.10. The summed E-state index contributed by atoms with van der Waals surface area (Å²) in [5.74, 6) is -0.0502. The lowest BCUT2D eigenvalue weighted by molar-refractivity contribution is 0.0951. The molecular formula is C21H22N2O. The predicted molar refractivity (Wildman–Crippen MR) is 97.6 cm³/mol. The highest BCUT2D eigenvalue weighted by atomic mass is 16.1. The van der Waals surface area contributed by atoms with Crippen LogP contribution in [0.15, 0.2) is 60.7 Å². The molecule has 3 nitrogen and oxygen atoms in total. The van der Waals surface area contributed by atoms with Gasteiger partial charge in [-0.05, 0) is 56.7 Å². The van der Waals surface area contributed by atoms with Crippen LogP contribution < -0.4 is 5.32 Å². The van der Waals surface area contributed by atoms with Crippen LogP contribution in [0.2, 0.25) is 0 Å². The molecule has 0 radical (unpaired) electrons. The first-order chi connectivity index (χ1) is 11.6. The Hall–Kier alpha value is -2.81. The summed E-state index contributed by atoms with van der Waals surface area (Å²) in [7, 11) is 0. The van der Waals surface area contributed by atoms with Gasteiger partial charge in [0.25, 0.3) is 5.91 Å². The topological polar surface area (TPSA) is 34.0 Å². The summed E-state index contributed by atoms with van der Waals surface area (Å²) >= 11 is 0. The number of carbonyl (C=O) groups is 1. The summed E-state index contributed by atoms with van der Waals surface area (Å²) < 4.78 is 2.22. The smallest absolute Gasteiger partial charge is 0.251 e. The molecule has 2 aromatic carbocycles. The third kappa shape index (κ3) is 3.25. The van der Waals surface area contributed by atoms with E-state index in [1.165, 1.54) is 11.4 Å². The number of para-hydroxylation sites is 1. The lowest BCUT2D eigenvalue weighted by atomic mass is 10.1. The number of amides is 1. The summed E-state index contributed by atoms with van der Waals surface area (Å²) in [4.78, 5) is 12.3. The first kappa shape index (κ1) is 16.1. The van der Waals surface area contributed by atoms with Crippen molar-refractivity contribution in [2.24, 2.45) is 0 Å². The second-order valence-electron chi connectivity index (χ2n) is 6.13. The fraction of sp³-hybridized carbons (Fsp3) is 0.190. The van der Waals surface area contributed by atoms with Crippen LogP contribution >= 0.6 is 0 Å². The molecule has 3 rings (SSSR count).